The van der Waals surface area contributed by atoms with Gasteiger partial charge in [0.2, 0.25) is 0 Å². The van der Waals surface area contributed by atoms with E-state index in [0.29, 0.717) is 0 Å². The highest BCUT2D eigenvalue weighted by molar-refractivity contribution is 5.78. The zero-order valence-electron chi connectivity index (χ0n) is 11.4. The normalized spacial score (nSPS) is 15.0. The van der Waals surface area contributed by atoms with Crippen LogP contribution >= 0.6 is 0 Å². The molecule has 0 rings (SSSR count). The van der Waals surface area contributed by atoms with Crippen LogP contribution in [0.25, 0.3) is 0 Å². The second-order valence-electron chi connectivity index (χ2n) is 4.28. The molecule has 0 aromatic heterocycles. The predicted octanol–water partition coefficient (Wildman–Crippen LogP) is 5.30. The summed E-state index contributed by atoms with van der Waals surface area (Å²) in [5, 5.41) is 0. The van der Waals surface area contributed by atoms with Gasteiger partial charge in [-0.05, 0) is 0 Å². The molecule has 27 heavy (non-hydrogen) atoms. The van der Waals surface area contributed by atoms with Gasteiger partial charge < -0.3 is 0 Å². The molecule has 0 bridgehead atoms. The van der Waals surface area contributed by atoms with Crippen LogP contribution in [0, 0.1) is 0 Å². The first-order chi connectivity index (χ1) is 11.5. The van der Waals surface area contributed by atoms with Crippen LogP contribution in [0.15, 0.2) is 11.9 Å². The zero-order chi connectivity index (χ0) is 22.4. The van der Waals surface area contributed by atoms with Gasteiger partial charge in [-0.2, -0.15) is 70.2 Å². The van der Waals surface area contributed by atoms with Gasteiger partial charge in [-0.25, -0.2) is 4.74 Å². The molecule has 0 aromatic carbocycles. The maximum absolute atomic E-state index is 12.9. The van der Waals surface area contributed by atoms with Gasteiger partial charge in [0.05, 0.1) is 0 Å². The first-order valence-electron chi connectivity index (χ1n) is 5.39. The highest BCUT2D eigenvalue weighted by Gasteiger charge is 2.89. The maximum Gasteiger partial charge on any atom is 0.430 e. The van der Waals surface area contributed by atoms with E-state index in [4.69, 9.17) is 0 Å². The average Bonchev–Trinajstić information content (AvgIpc) is 2.43. The first kappa shape index (κ1) is 25.2. The van der Waals surface area contributed by atoms with Crippen molar-refractivity contribution in [3.63, 3.8) is 0 Å². The Hall–Kier alpha value is -1.75. The molecule has 0 atom stereocenters. The number of hydrogen-bond donors (Lipinski definition) is 0. The summed E-state index contributed by atoms with van der Waals surface area (Å²) in [4.78, 5) is 9.58. The molecule has 0 fully saturated rings. The molecule has 0 unspecified atom stereocenters. The standard InChI is InChI=1S/C9F16O2/c10-1(2(11)12)5(16,17)27-9(24,25)8(22,23)7(20,21)6(18,19)4(14,15)3(13)26. The fraction of sp³-hybridized carbons (Fsp3) is 0.667. The van der Waals surface area contributed by atoms with E-state index in [1.54, 1.807) is 0 Å². The molecule has 0 heterocycles. The summed E-state index contributed by atoms with van der Waals surface area (Å²) >= 11 is 0. The van der Waals surface area contributed by atoms with E-state index in [9.17, 15) is 75.0 Å². The minimum Gasteiger partial charge on any atom is -0.254 e. The van der Waals surface area contributed by atoms with Crippen molar-refractivity contribution in [3.05, 3.63) is 11.9 Å². The molecule has 0 aliphatic rings. The molecule has 0 saturated heterocycles. The van der Waals surface area contributed by atoms with Crippen LogP contribution in [-0.2, 0) is 9.53 Å². The lowest BCUT2D eigenvalue weighted by atomic mass is 9.98. The van der Waals surface area contributed by atoms with E-state index in [1.165, 1.54) is 4.74 Å². The Morgan fingerprint density at radius 2 is 0.963 bits per heavy atom. The molecule has 0 spiro atoms. The van der Waals surface area contributed by atoms with E-state index in [1.807, 2.05) is 0 Å². The Kier molecular flexibility index (Phi) is 6.26. The molecule has 18 heteroatoms. The number of alkyl halides is 12. The van der Waals surface area contributed by atoms with E-state index >= 15 is 0 Å². The Morgan fingerprint density at radius 1 is 0.593 bits per heavy atom. The van der Waals surface area contributed by atoms with Crippen molar-refractivity contribution >= 4 is 6.04 Å². The number of hydrogen-bond acceptors (Lipinski definition) is 2. The molecule has 0 radical (unpaired) electrons. The van der Waals surface area contributed by atoms with E-state index < -0.39 is 53.9 Å². The highest BCUT2D eigenvalue weighted by Crippen LogP contribution is 2.58. The quantitative estimate of drug-likeness (QED) is 0.375. The summed E-state index contributed by atoms with van der Waals surface area (Å²) in [6.07, 6.45) is -18.8. The SMILES string of the molecule is O=C(F)C(F)(F)C(F)(F)C(F)(F)C(F)(F)C(F)(F)OC(F)(F)C(F)=C(F)F. The Bertz CT molecular complexity index is 615. The summed E-state index contributed by atoms with van der Waals surface area (Å²) in [7, 11) is 0. The molecule has 0 amide bonds. The van der Waals surface area contributed by atoms with Crippen molar-refractivity contribution in [2.75, 3.05) is 0 Å². The molecular weight excluding hydrogens is 444 g/mol. The number of carbonyl (C=O) groups excluding carboxylic acids is 1. The second-order valence-corrected chi connectivity index (χ2v) is 4.28. The summed E-state index contributed by atoms with van der Waals surface area (Å²) in [6, 6.07) is -4.72. The van der Waals surface area contributed by atoms with Crippen molar-refractivity contribution in [3.8, 4) is 0 Å². The maximum atomic E-state index is 12.9. The van der Waals surface area contributed by atoms with Crippen molar-refractivity contribution in [1.82, 2.24) is 0 Å². The van der Waals surface area contributed by atoms with E-state index in [2.05, 4.69) is 0 Å². The van der Waals surface area contributed by atoms with Crippen LogP contribution in [0.1, 0.15) is 0 Å². The molecule has 0 aromatic rings. The molecule has 0 saturated carbocycles. The van der Waals surface area contributed by atoms with Gasteiger partial charge in [-0.1, -0.05) is 0 Å². The van der Waals surface area contributed by atoms with Crippen LogP contribution < -0.4 is 0 Å². The third kappa shape index (κ3) is 3.79. The molecule has 2 nitrogen and oxygen atoms in total. The highest BCUT2D eigenvalue weighted by atomic mass is 19.4. The molecule has 0 aliphatic carbocycles. The van der Waals surface area contributed by atoms with Crippen LogP contribution in [0.5, 0.6) is 0 Å². The number of ether oxygens (including phenoxy) is 1. The van der Waals surface area contributed by atoms with Gasteiger partial charge in [0.25, 0.3) is 5.83 Å². The Morgan fingerprint density at radius 3 is 1.26 bits per heavy atom. The van der Waals surface area contributed by atoms with Crippen molar-refractivity contribution in [2.24, 2.45) is 0 Å². The van der Waals surface area contributed by atoms with E-state index in [0.717, 1.165) is 0 Å². The van der Waals surface area contributed by atoms with Crippen molar-refractivity contribution < 1.29 is 79.8 Å². The summed E-state index contributed by atoms with van der Waals surface area (Å²) < 4.78 is 201. The summed E-state index contributed by atoms with van der Waals surface area (Å²) in [5.41, 5.74) is 0. The topological polar surface area (TPSA) is 26.3 Å². The third-order valence-electron chi connectivity index (χ3n) is 2.47. The fourth-order valence-corrected chi connectivity index (χ4v) is 1.08. The molecule has 0 aliphatic heterocycles. The predicted molar refractivity (Wildman–Crippen MR) is 47.2 cm³/mol. The number of rotatable bonds is 8. The van der Waals surface area contributed by atoms with Gasteiger partial charge in [0.1, 0.15) is 0 Å². The zero-order valence-corrected chi connectivity index (χ0v) is 11.4. The van der Waals surface area contributed by atoms with Crippen molar-refractivity contribution in [2.45, 2.75) is 35.9 Å². The van der Waals surface area contributed by atoms with E-state index in [-0.39, 0.29) is 0 Å². The summed E-state index contributed by atoms with van der Waals surface area (Å²) in [6.45, 7) is 0. The third-order valence-corrected chi connectivity index (χ3v) is 2.47. The Balaban J connectivity index is 6.30. The largest absolute Gasteiger partial charge is 0.430 e. The van der Waals surface area contributed by atoms with Gasteiger partial charge in [0.15, 0.2) is 0 Å². The monoisotopic (exact) mass is 444 g/mol. The van der Waals surface area contributed by atoms with Crippen LogP contribution in [0.3, 0.4) is 0 Å². The lowest BCUT2D eigenvalue weighted by molar-refractivity contribution is -0.476. The molecular formula is C9F16O2. The van der Waals surface area contributed by atoms with Crippen LogP contribution in [0.4, 0.5) is 70.2 Å². The smallest absolute Gasteiger partial charge is 0.254 e. The van der Waals surface area contributed by atoms with Gasteiger partial charge in [-0.15, -0.1) is 0 Å². The van der Waals surface area contributed by atoms with Crippen LogP contribution in [0.2, 0.25) is 0 Å². The minimum atomic E-state index is -8.22. The average molecular weight is 444 g/mol. The minimum absolute atomic E-state index is 1.40. The lowest BCUT2D eigenvalue weighted by Gasteiger charge is -2.38. The van der Waals surface area contributed by atoms with Gasteiger partial charge >= 0.3 is 48.0 Å². The Labute approximate surface area is 135 Å². The molecule has 0 N–H and O–H groups in total. The number of halogens is 16. The lowest BCUT2D eigenvalue weighted by Crippen LogP contribution is -2.69. The van der Waals surface area contributed by atoms with Gasteiger partial charge in [0, 0.05) is 0 Å². The fourth-order valence-electron chi connectivity index (χ4n) is 1.08. The van der Waals surface area contributed by atoms with Crippen molar-refractivity contribution in [1.29, 1.82) is 0 Å². The van der Waals surface area contributed by atoms with Gasteiger partial charge in [-0.3, -0.25) is 4.79 Å². The second kappa shape index (κ2) is 6.69. The first-order valence-corrected chi connectivity index (χ1v) is 5.39. The summed E-state index contributed by atoms with van der Waals surface area (Å²) in [5.74, 6) is -36.1. The molecule has 160 valence electrons. The number of carbonyl (C=O) groups is 1. The van der Waals surface area contributed by atoms with Crippen LogP contribution in [-0.4, -0.2) is 41.9 Å².